The summed E-state index contributed by atoms with van der Waals surface area (Å²) in [6, 6.07) is 3.84. The van der Waals surface area contributed by atoms with Crippen LogP contribution in [0.25, 0.3) is 0 Å². The molecule has 108 valence electrons. The second-order valence-corrected chi connectivity index (χ2v) is 4.87. The van der Waals surface area contributed by atoms with E-state index in [1.54, 1.807) is 14.2 Å². The SMILES string of the molecule is CNC(COC(C)C)c1cc(Cl)c(OC)c(OC)c1. The molecule has 0 amide bonds. The first-order valence-corrected chi connectivity index (χ1v) is 6.61. The minimum absolute atomic E-state index is 0.0553. The van der Waals surface area contributed by atoms with Crippen LogP contribution in [0, 0.1) is 0 Å². The van der Waals surface area contributed by atoms with Crippen LogP contribution in [0.2, 0.25) is 5.02 Å². The second-order valence-electron chi connectivity index (χ2n) is 4.46. The molecule has 1 rings (SSSR count). The van der Waals surface area contributed by atoms with Crippen molar-refractivity contribution in [1.82, 2.24) is 5.32 Å². The Kier molecular flexibility index (Phi) is 6.42. The van der Waals surface area contributed by atoms with E-state index >= 15 is 0 Å². The highest BCUT2D eigenvalue weighted by atomic mass is 35.5. The molecule has 0 aliphatic carbocycles. The number of rotatable bonds is 7. The third-order valence-corrected chi connectivity index (χ3v) is 3.08. The van der Waals surface area contributed by atoms with E-state index in [0.29, 0.717) is 23.1 Å². The molecule has 1 N–H and O–H groups in total. The van der Waals surface area contributed by atoms with Gasteiger partial charge in [0.1, 0.15) is 0 Å². The smallest absolute Gasteiger partial charge is 0.179 e. The van der Waals surface area contributed by atoms with E-state index in [0.717, 1.165) is 5.56 Å². The van der Waals surface area contributed by atoms with Crippen LogP contribution in [0.4, 0.5) is 0 Å². The van der Waals surface area contributed by atoms with Crippen LogP contribution >= 0.6 is 11.6 Å². The minimum atomic E-state index is 0.0553. The molecule has 0 saturated heterocycles. The highest BCUT2D eigenvalue weighted by molar-refractivity contribution is 6.32. The van der Waals surface area contributed by atoms with E-state index in [4.69, 9.17) is 25.8 Å². The quantitative estimate of drug-likeness (QED) is 0.837. The molecular formula is C14H22ClNO3. The van der Waals surface area contributed by atoms with Crippen molar-refractivity contribution in [3.05, 3.63) is 22.7 Å². The van der Waals surface area contributed by atoms with Crippen LogP contribution in [-0.4, -0.2) is 34.0 Å². The Bertz CT molecular complexity index is 410. The molecule has 0 aliphatic heterocycles. The zero-order valence-electron chi connectivity index (χ0n) is 12.1. The van der Waals surface area contributed by atoms with Crippen LogP contribution in [0.15, 0.2) is 12.1 Å². The maximum absolute atomic E-state index is 6.20. The Morgan fingerprint density at radius 1 is 1.21 bits per heavy atom. The molecule has 1 atom stereocenters. The molecule has 0 aliphatic rings. The van der Waals surface area contributed by atoms with Crippen LogP contribution in [0.5, 0.6) is 11.5 Å². The van der Waals surface area contributed by atoms with Gasteiger partial charge in [-0.25, -0.2) is 0 Å². The molecule has 0 fully saturated rings. The van der Waals surface area contributed by atoms with Crippen molar-refractivity contribution in [2.45, 2.75) is 26.0 Å². The minimum Gasteiger partial charge on any atom is -0.493 e. The Morgan fingerprint density at radius 3 is 2.37 bits per heavy atom. The fourth-order valence-corrected chi connectivity index (χ4v) is 2.07. The average molecular weight is 288 g/mol. The monoisotopic (exact) mass is 287 g/mol. The van der Waals surface area contributed by atoms with Crippen molar-refractivity contribution in [1.29, 1.82) is 0 Å². The fourth-order valence-electron chi connectivity index (χ4n) is 1.77. The average Bonchev–Trinajstić information content (AvgIpc) is 2.38. The maximum Gasteiger partial charge on any atom is 0.179 e. The third-order valence-electron chi connectivity index (χ3n) is 2.80. The molecule has 19 heavy (non-hydrogen) atoms. The predicted octanol–water partition coefficient (Wildman–Crippen LogP) is 3.04. The lowest BCUT2D eigenvalue weighted by atomic mass is 10.1. The Hall–Kier alpha value is -0.970. The number of hydrogen-bond donors (Lipinski definition) is 1. The molecule has 5 heteroatoms. The van der Waals surface area contributed by atoms with Gasteiger partial charge in [-0.15, -0.1) is 0 Å². The molecule has 0 radical (unpaired) electrons. The van der Waals surface area contributed by atoms with Gasteiger partial charge in [0, 0.05) is 0 Å². The molecule has 0 saturated carbocycles. The molecule has 0 bridgehead atoms. The first-order valence-electron chi connectivity index (χ1n) is 6.23. The number of methoxy groups -OCH3 is 2. The van der Waals surface area contributed by atoms with Gasteiger partial charge in [-0.1, -0.05) is 11.6 Å². The highest BCUT2D eigenvalue weighted by Crippen LogP contribution is 2.37. The van der Waals surface area contributed by atoms with Crippen molar-refractivity contribution in [2.24, 2.45) is 0 Å². The molecular weight excluding hydrogens is 266 g/mol. The van der Waals surface area contributed by atoms with Crippen molar-refractivity contribution in [3.8, 4) is 11.5 Å². The first kappa shape index (κ1) is 16.1. The summed E-state index contributed by atoms with van der Waals surface area (Å²) < 4.78 is 16.2. The molecule has 1 aromatic carbocycles. The summed E-state index contributed by atoms with van der Waals surface area (Å²) in [4.78, 5) is 0. The van der Waals surface area contributed by atoms with Gasteiger partial charge in [0.25, 0.3) is 0 Å². The summed E-state index contributed by atoms with van der Waals surface area (Å²) in [7, 11) is 5.05. The molecule has 0 spiro atoms. The summed E-state index contributed by atoms with van der Waals surface area (Å²) in [5.41, 5.74) is 1.01. The largest absolute Gasteiger partial charge is 0.493 e. The van der Waals surface area contributed by atoms with Crippen molar-refractivity contribution < 1.29 is 14.2 Å². The molecule has 1 aromatic rings. The summed E-state index contributed by atoms with van der Waals surface area (Å²) >= 11 is 6.20. The highest BCUT2D eigenvalue weighted by Gasteiger charge is 2.16. The Morgan fingerprint density at radius 2 is 1.89 bits per heavy atom. The summed E-state index contributed by atoms with van der Waals surface area (Å²) in [6.45, 7) is 4.59. The van der Waals surface area contributed by atoms with Gasteiger partial charge in [0.2, 0.25) is 0 Å². The molecule has 0 heterocycles. The van der Waals surface area contributed by atoms with Gasteiger partial charge in [0.05, 0.1) is 38.0 Å². The predicted molar refractivity (Wildman–Crippen MR) is 77.4 cm³/mol. The van der Waals surface area contributed by atoms with Crippen molar-refractivity contribution >= 4 is 11.6 Å². The number of benzene rings is 1. The van der Waals surface area contributed by atoms with E-state index in [1.807, 2.05) is 33.0 Å². The van der Waals surface area contributed by atoms with E-state index in [2.05, 4.69) is 5.32 Å². The molecule has 4 nitrogen and oxygen atoms in total. The number of hydrogen-bond acceptors (Lipinski definition) is 4. The lowest BCUT2D eigenvalue weighted by Crippen LogP contribution is -2.23. The Balaban J connectivity index is 3.01. The van der Waals surface area contributed by atoms with E-state index < -0.39 is 0 Å². The topological polar surface area (TPSA) is 39.7 Å². The first-order chi connectivity index (χ1) is 9.03. The summed E-state index contributed by atoms with van der Waals surface area (Å²) in [5.74, 6) is 1.17. The number of likely N-dealkylation sites (N-methyl/N-ethyl adjacent to an activating group) is 1. The maximum atomic E-state index is 6.20. The van der Waals surface area contributed by atoms with Gasteiger partial charge in [-0.2, -0.15) is 0 Å². The van der Waals surface area contributed by atoms with Crippen molar-refractivity contribution in [2.75, 3.05) is 27.9 Å². The number of nitrogens with one attached hydrogen (secondary N) is 1. The zero-order chi connectivity index (χ0) is 14.4. The lowest BCUT2D eigenvalue weighted by Gasteiger charge is -2.20. The van der Waals surface area contributed by atoms with Crippen molar-refractivity contribution in [3.63, 3.8) is 0 Å². The molecule has 0 aromatic heterocycles. The Labute approximate surface area is 120 Å². The standard InChI is InChI=1S/C14H22ClNO3/c1-9(2)19-8-12(16-3)10-6-11(15)14(18-5)13(7-10)17-4/h6-7,9,12,16H,8H2,1-5H3. The third kappa shape index (κ3) is 4.27. The van der Waals surface area contributed by atoms with Gasteiger partial charge in [0.15, 0.2) is 11.5 Å². The second kappa shape index (κ2) is 7.58. The van der Waals surface area contributed by atoms with Gasteiger partial charge in [-0.3, -0.25) is 0 Å². The van der Waals surface area contributed by atoms with E-state index in [9.17, 15) is 0 Å². The fraction of sp³-hybridized carbons (Fsp3) is 0.571. The van der Waals surface area contributed by atoms with E-state index in [-0.39, 0.29) is 12.1 Å². The zero-order valence-corrected chi connectivity index (χ0v) is 12.9. The molecule has 1 unspecified atom stereocenters. The normalized spacial score (nSPS) is 12.6. The van der Waals surface area contributed by atoms with Crippen LogP contribution < -0.4 is 14.8 Å². The van der Waals surface area contributed by atoms with Gasteiger partial charge >= 0.3 is 0 Å². The van der Waals surface area contributed by atoms with Crippen LogP contribution in [0.3, 0.4) is 0 Å². The number of ether oxygens (including phenoxy) is 3. The van der Waals surface area contributed by atoms with Gasteiger partial charge in [-0.05, 0) is 38.6 Å². The summed E-state index contributed by atoms with van der Waals surface area (Å²) in [6.07, 6.45) is 0.187. The lowest BCUT2D eigenvalue weighted by molar-refractivity contribution is 0.0626. The van der Waals surface area contributed by atoms with Crippen LogP contribution in [0.1, 0.15) is 25.5 Å². The van der Waals surface area contributed by atoms with Crippen LogP contribution in [-0.2, 0) is 4.74 Å². The van der Waals surface area contributed by atoms with E-state index in [1.165, 1.54) is 0 Å². The summed E-state index contributed by atoms with van der Waals surface area (Å²) in [5, 5.41) is 3.74. The number of halogens is 1. The van der Waals surface area contributed by atoms with Gasteiger partial charge < -0.3 is 19.5 Å².